The van der Waals surface area contributed by atoms with Gasteiger partial charge in [-0.1, -0.05) is 53.5 Å². The number of aromatic nitrogens is 3. The van der Waals surface area contributed by atoms with Crippen LogP contribution in [0, 0.1) is 0 Å². The predicted octanol–water partition coefficient (Wildman–Crippen LogP) is 8.33. The smallest absolute Gasteiger partial charge is 0.337 e. The summed E-state index contributed by atoms with van der Waals surface area (Å²) in [6, 6.07) is 25.2. The minimum atomic E-state index is -0.943. The van der Waals surface area contributed by atoms with Gasteiger partial charge < -0.3 is 5.11 Å². The first-order valence-corrected chi connectivity index (χ1v) is 15.6. The van der Waals surface area contributed by atoms with E-state index in [1.165, 1.54) is 46.8 Å². The van der Waals surface area contributed by atoms with Crippen LogP contribution >= 0.6 is 23.2 Å². The Morgan fingerprint density at radius 1 is 0.837 bits per heavy atom. The molecular weight excluding hydrogens is 579 g/mol. The zero-order chi connectivity index (χ0) is 29.5. The third kappa shape index (κ3) is 5.92. The topological polar surface area (TPSA) is 71.2 Å². The minimum absolute atomic E-state index is 0.0353. The summed E-state index contributed by atoms with van der Waals surface area (Å²) in [5.41, 5.74) is 7.16. The summed E-state index contributed by atoms with van der Waals surface area (Å²) in [6.07, 6.45) is 7.59. The Balaban J connectivity index is 1.21. The second-order valence-electron chi connectivity index (χ2n) is 11.8. The lowest BCUT2D eigenvalue weighted by atomic mass is 9.84. The largest absolute Gasteiger partial charge is 0.478 e. The fraction of sp³-hybridized carbons (Fsp3) is 0.286. The van der Waals surface area contributed by atoms with E-state index in [0.29, 0.717) is 18.5 Å². The van der Waals surface area contributed by atoms with Gasteiger partial charge in [0.2, 0.25) is 0 Å². The minimum Gasteiger partial charge on any atom is -0.478 e. The molecule has 0 unspecified atom stereocenters. The maximum absolute atomic E-state index is 11.4. The summed E-state index contributed by atoms with van der Waals surface area (Å²) in [5.74, 6) is -0.500. The second-order valence-corrected chi connectivity index (χ2v) is 12.7. The molecule has 6 nitrogen and oxygen atoms in total. The number of nitrogens with zero attached hydrogens (tertiary/aromatic N) is 4. The molecule has 0 amide bonds. The summed E-state index contributed by atoms with van der Waals surface area (Å²) in [7, 11) is 0. The number of carboxylic acid groups (broad SMARTS) is 1. The molecule has 1 aliphatic carbocycles. The fourth-order valence-corrected chi connectivity index (χ4v) is 6.78. The van der Waals surface area contributed by atoms with Gasteiger partial charge in [0.25, 0.3) is 0 Å². The van der Waals surface area contributed by atoms with E-state index in [1.807, 2.05) is 24.3 Å². The van der Waals surface area contributed by atoms with Crippen molar-refractivity contribution in [2.45, 2.75) is 50.1 Å². The second kappa shape index (κ2) is 11.8. The Bertz CT molecular complexity index is 1730. The molecule has 0 spiro atoms. The lowest BCUT2D eigenvalue weighted by molar-refractivity contribution is 0.0696. The van der Waals surface area contributed by atoms with E-state index < -0.39 is 5.97 Å². The average molecular weight is 612 g/mol. The maximum Gasteiger partial charge on any atom is 0.337 e. The van der Waals surface area contributed by atoms with Crippen LogP contribution in [0.2, 0.25) is 10.0 Å². The van der Waals surface area contributed by atoms with E-state index in [2.05, 4.69) is 57.0 Å². The van der Waals surface area contributed by atoms with E-state index in [9.17, 15) is 9.90 Å². The molecule has 218 valence electrons. The molecular formula is C35H32Cl2N4O2. The Morgan fingerprint density at radius 2 is 1.47 bits per heavy atom. The predicted molar refractivity (Wildman–Crippen MR) is 170 cm³/mol. The number of aromatic carboxylic acids is 1. The quantitative estimate of drug-likeness (QED) is 0.179. The van der Waals surface area contributed by atoms with Gasteiger partial charge in [-0.25, -0.2) is 4.79 Å². The molecule has 0 atom stereocenters. The molecule has 1 saturated carbocycles. The number of rotatable bonds is 8. The molecule has 3 heterocycles. The van der Waals surface area contributed by atoms with E-state index in [0.717, 1.165) is 47.1 Å². The number of hydrogen-bond acceptors (Lipinski definition) is 4. The highest BCUT2D eigenvalue weighted by Crippen LogP contribution is 2.43. The summed E-state index contributed by atoms with van der Waals surface area (Å²) in [5, 5.41) is 17.2. The molecule has 2 aliphatic rings. The van der Waals surface area contributed by atoms with Crippen LogP contribution in [-0.2, 0) is 6.54 Å². The zero-order valence-electron chi connectivity index (χ0n) is 23.7. The molecule has 1 aliphatic heterocycles. The third-order valence-corrected chi connectivity index (χ3v) is 9.32. The monoisotopic (exact) mass is 610 g/mol. The zero-order valence-corrected chi connectivity index (χ0v) is 25.2. The SMILES string of the molecule is O=C(O)c1cncc(CN2CCC(c3c4cc(C(c5ccc(Cl)cc5)c5ccc(Cl)cc5)ccc4nn3C3CC3)CC2)c1. The van der Waals surface area contributed by atoms with E-state index >= 15 is 0 Å². The Kier molecular flexibility index (Phi) is 7.68. The van der Waals surface area contributed by atoms with Crippen molar-refractivity contribution in [2.24, 2.45) is 0 Å². The number of hydrogen-bond donors (Lipinski definition) is 1. The van der Waals surface area contributed by atoms with Gasteiger partial charge in [-0.2, -0.15) is 5.10 Å². The van der Waals surface area contributed by atoms with Crippen molar-refractivity contribution >= 4 is 40.1 Å². The van der Waals surface area contributed by atoms with Gasteiger partial charge in [-0.05, 0) is 103 Å². The van der Waals surface area contributed by atoms with Crippen molar-refractivity contribution in [2.75, 3.05) is 13.1 Å². The number of carboxylic acids is 1. The highest BCUT2D eigenvalue weighted by atomic mass is 35.5. The molecule has 8 heteroatoms. The number of piperidine rings is 1. The van der Waals surface area contributed by atoms with Crippen LogP contribution < -0.4 is 0 Å². The summed E-state index contributed by atoms with van der Waals surface area (Å²) in [6.45, 7) is 2.59. The van der Waals surface area contributed by atoms with Gasteiger partial charge >= 0.3 is 5.97 Å². The van der Waals surface area contributed by atoms with Gasteiger partial charge in [0, 0.05) is 51.9 Å². The Labute approximate surface area is 260 Å². The first-order valence-electron chi connectivity index (χ1n) is 14.9. The van der Waals surface area contributed by atoms with Crippen LogP contribution in [0.15, 0.2) is 85.2 Å². The Hall–Kier alpha value is -3.71. The van der Waals surface area contributed by atoms with Crippen LogP contribution in [0.4, 0.5) is 0 Å². The van der Waals surface area contributed by atoms with Gasteiger partial charge in [0.05, 0.1) is 17.1 Å². The molecule has 7 rings (SSSR count). The molecule has 1 N–H and O–H groups in total. The number of halogens is 2. The lowest BCUT2D eigenvalue weighted by Crippen LogP contribution is -2.33. The molecule has 3 aromatic carbocycles. The van der Waals surface area contributed by atoms with Gasteiger partial charge in [-0.15, -0.1) is 0 Å². The van der Waals surface area contributed by atoms with Crippen molar-refractivity contribution in [1.82, 2.24) is 19.7 Å². The third-order valence-electron chi connectivity index (χ3n) is 8.81. The van der Waals surface area contributed by atoms with Crippen molar-refractivity contribution in [3.63, 3.8) is 0 Å². The standard InChI is InChI=1S/C35H32Cl2N4O2/c36-28-6-1-23(2-7-28)33(24-3-8-29(37)9-4-24)26-5-12-32-31(18-26)34(41(39-32)30-10-11-30)25-13-15-40(16-14-25)21-22-17-27(35(42)43)20-38-19-22/h1-9,12,17-20,25,30,33H,10-11,13-16,21H2,(H,42,43). The molecule has 1 saturated heterocycles. The molecule has 0 radical (unpaired) electrons. The molecule has 0 bridgehead atoms. The summed E-state index contributed by atoms with van der Waals surface area (Å²) >= 11 is 12.5. The molecule has 43 heavy (non-hydrogen) atoms. The molecule has 2 aromatic heterocycles. The Morgan fingerprint density at radius 3 is 2.07 bits per heavy atom. The van der Waals surface area contributed by atoms with Crippen molar-refractivity contribution in [3.05, 3.63) is 129 Å². The van der Waals surface area contributed by atoms with E-state index in [4.69, 9.17) is 28.3 Å². The highest BCUT2D eigenvalue weighted by Gasteiger charge is 2.33. The normalized spacial score (nSPS) is 16.3. The van der Waals surface area contributed by atoms with Crippen LogP contribution in [0.3, 0.4) is 0 Å². The van der Waals surface area contributed by atoms with Crippen molar-refractivity contribution in [1.29, 1.82) is 0 Å². The summed E-state index contributed by atoms with van der Waals surface area (Å²) in [4.78, 5) is 17.9. The lowest BCUT2D eigenvalue weighted by Gasteiger charge is -2.32. The first-order chi connectivity index (χ1) is 20.9. The van der Waals surface area contributed by atoms with Gasteiger partial charge in [-0.3, -0.25) is 14.6 Å². The van der Waals surface area contributed by atoms with Crippen molar-refractivity contribution in [3.8, 4) is 0 Å². The van der Waals surface area contributed by atoms with E-state index in [-0.39, 0.29) is 11.5 Å². The van der Waals surface area contributed by atoms with Crippen molar-refractivity contribution < 1.29 is 9.90 Å². The van der Waals surface area contributed by atoms with Gasteiger partial charge in [0.1, 0.15) is 0 Å². The summed E-state index contributed by atoms with van der Waals surface area (Å²) < 4.78 is 2.33. The molecule has 2 fully saturated rings. The molecule has 5 aromatic rings. The number of likely N-dealkylation sites (tertiary alicyclic amines) is 1. The fourth-order valence-electron chi connectivity index (χ4n) is 6.52. The number of carbonyl (C=O) groups is 1. The number of fused-ring (bicyclic) bond motifs is 1. The highest BCUT2D eigenvalue weighted by molar-refractivity contribution is 6.30. The average Bonchev–Trinajstić information content (AvgIpc) is 3.80. The van der Waals surface area contributed by atoms with Crippen LogP contribution in [-0.4, -0.2) is 43.8 Å². The van der Waals surface area contributed by atoms with Crippen LogP contribution in [0.25, 0.3) is 10.9 Å². The maximum atomic E-state index is 11.4. The first kappa shape index (κ1) is 28.1. The van der Waals surface area contributed by atoms with Crippen LogP contribution in [0.5, 0.6) is 0 Å². The number of benzene rings is 3. The van der Waals surface area contributed by atoms with Gasteiger partial charge in [0.15, 0.2) is 0 Å². The number of pyridine rings is 1. The van der Waals surface area contributed by atoms with E-state index in [1.54, 1.807) is 12.3 Å². The van der Waals surface area contributed by atoms with Crippen LogP contribution in [0.1, 0.15) is 81.9 Å².